The molecule has 0 atom stereocenters. The van der Waals surface area contributed by atoms with Crippen molar-refractivity contribution in [2.24, 2.45) is 0 Å². The van der Waals surface area contributed by atoms with Gasteiger partial charge < -0.3 is 20.1 Å². The number of carbonyl (C=O) groups is 1. The highest BCUT2D eigenvalue weighted by molar-refractivity contribution is 5.93. The number of nitrogens with one attached hydrogen (secondary N) is 2. The molecule has 0 aliphatic rings. The monoisotopic (exact) mass is 314 g/mol. The molecule has 5 heteroatoms. The summed E-state index contributed by atoms with van der Waals surface area (Å²) < 4.78 is 10.3. The lowest BCUT2D eigenvalue weighted by atomic mass is 10.0. The second kappa shape index (κ2) is 8.92. The van der Waals surface area contributed by atoms with Gasteiger partial charge in [-0.2, -0.15) is 0 Å². The van der Waals surface area contributed by atoms with Gasteiger partial charge in [0.2, 0.25) is 5.91 Å². The molecule has 0 heterocycles. The van der Waals surface area contributed by atoms with Crippen LogP contribution in [0.25, 0.3) is 11.1 Å². The minimum Gasteiger partial charge on any atom is -0.496 e. The summed E-state index contributed by atoms with van der Waals surface area (Å²) in [5, 5.41) is 5.90. The standard InChI is InChI=1S/C18H22N2O3/c1-22-11-10-19-13-18(21)20-15-7-5-6-14(12-15)16-8-3-4-9-17(16)23-2/h3-9,12,19H,10-11,13H2,1-2H3,(H,20,21). The molecule has 0 saturated heterocycles. The van der Waals surface area contributed by atoms with Crippen molar-refractivity contribution in [2.75, 3.05) is 39.2 Å². The maximum atomic E-state index is 11.9. The molecular formula is C18H22N2O3. The Morgan fingerprint density at radius 1 is 1.09 bits per heavy atom. The van der Waals surface area contributed by atoms with Gasteiger partial charge in [0, 0.05) is 24.9 Å². The van der Waals surface area contributed by atoms with Crippen LogP contribution in [0, 0.1) is 0 Å². The molecule has 122 valence electrons. The summed E-state index contributed by atoms with van der Waals surface area (Å²) in [5.74, 6) is 0.718. The molecule has 0 aromatic heterocycles. The van der Waals surface area contributed by atoms with Crippen molar-refractivity contribution in [3.05, 3.63) is 48.5 Å². The van der Waals surface area contributed by atoms with E-state index >= 15 is 0 Å². The number of para-hydroxylation sites is 1. The predicted molar refractivity (Wildman–Crippen MR) is 91.8 cm³/mol. The largest absolute Gasteiger partial charge is 0.496 e. The highest BCUT2D eigenvalue weighted by Gasteiger charge is 2.07. The zero-order chi connectivity index (χ0) is 16.5. The number of anilines is 1. The van der Waals surface area contributed by atoms with Crippen LogP contribution in [0.1, 0.15) is 0 Å². The number of rotatable bonds is 8. The van der Waals surface area contributed by atoms with E-state index in [1.165, 1.54) is 0 Å². The van der Waals surface area contributed by atoms with Gasteiger partial charge in [0.25, 0.3) is 0 Å². The molecule has 2 aromatic carbocycles. The molecule has 23 heavy (non-hydrogen) atoms. The van der Waals surface area contributed by atoms with E-state index in [0.717, 1.165) is 22.6 Å². The highest BCUT2D eigenvalue weighted by Crippen LogP contribution is 2.30. The van der Waals surface area contributed by atoms with Crippen molar-refractivity contribution in [2.45, 2.75) is 0 Å². The smallest absolute Gasteiger partial charge is 0.238 e. The van der Waals surface area contributed by atoms with Crippen LogP contribution in [0.2, 0.25) is 0 Å². The summed E-state index contributed by atoms with van der Waals surface area (Å²) in [6.45, 7) is 1.48. The molecule has 0 unspecified atom stereocenters. The number of hydrogen-bond acceptors (Lipinski definition) is 4. The van der Waals surface area contributed by atoms with E-state index in [-0.39, 0.29) is 12.5 Å². The number of hydrogen-bond donors (Lipinski definition) is 2. The molecule has 2 rings (SSSR count). The number of methoxy groups -OCH3 is 2. The lowest BCUT2D eigenvalue weighted by molar-refractivity contribution is -0.115. The first-order valence-electron chi connectivity index (χ1n) is 7.47. The second-order valence-electron chi connectivity index (χ2n) is 5.00. The normalized spacial score (nSPS) is 10.3. The van der Waals surface area contributed by atoms with E-state index in [2.05, 4.69) is 10.6 Å². The molecule has 0 saturated carbocycles. The first kappa shape index (κ1) is 17.0. The van der Waals surface area contributed by atoms with Crippen LogP contribution in [0.5, 0.6) is 5.75 Å². The van der Waals surface area contributed by atoms with E-state index in [0.29, 0.717) is 13.2 Å². The Bertz CT molecular complexity index is 644. The predicted octanol–water partition coefficient (Wildman–Crippen LogP) is 2.54. The average Bonchev–Trinajstić information content (AvgIpc) is 2.59. The second-order valence-corrected chi connectivity index (χ2v) is 5.00. The van der Waals surface area contributed by atoms with Crippen LogP contribution in [-0.2, 0) is 9.53 Å². The van der Waals surface area contributed by atoms with E-state index in [4.69, 9.17) is 9.47 Å². The molecule has 1 amide bonds. The van der Waals surface area contributed by atoms with Crippen LogP contribution in [-0.4, -0.2) is 39.8 Å². The van der Waals surface area contributed by atoms with Crippen molar-refractivity contribution >= 4 is 11.6 Å². The first-order valence-corrected chi connectivity index (χ1v) is 7.47. The van der Waals surface area contributed by atoms with Gasteiger partial charge in [-0.05, 0) is 23.8 Å². The fourth-order valence-electron chi connectivity index (χ4n) is 2.23. The number of carbonyl (C=O) groups excluding carboxylic acids is 1. The van der Waals surface area contributed by atoms with E-state index < -0.39 is 0 Å². The Labute approximate surface area is 136 Å². The minimum absolute atomic E-state index is 0.0849. The highest BCUT2D eigenvalue weighted by atomic mass is 16.5. The maximum Gasteiger partial charge on any atom is 0.238 e. The van der Waals surface area contributed by atoms with Crippen molar-refractivity contribution < 1.29 is 14.3 Å². The fourth-order valence-corrected chi connectivity index (χ4v) is 2.23. The van der Waals surface area contributed by atoms with Crippen LogP contribution in [0.3, 0.4) is 0 Å². The minimum atomic E-state index is -0.0849. The molecule has 5 nitrogen and oxygen atoms in total. The van der Waals surface area contributed by atoms with E-state index in [9.17, 15) is 4.79 Å². The zero-order valence-corrected chi connectivity index (χ0v) is 13.5. The zero-order valence-electron chi connectivity index (χ0n) is 13.5. The third-order valence-electron chi connectivity index (χ3n) is 3.33. The average molecular weight is 314 g/mol. The van der Waals surface area contributed by atoms with Crippen molar-refractivity contribution in [1.29, 1.82) is 0 Å². The Kier molecular flexibility index (Phi) is 6.59. The van der Waals surface area contributed by atoms with Gasteiger partial charge in [-0.3, -0.25) is 4.79 Å². The molecule has 2 N–H and O–H groups in total. The van der Waals surface area contributed by atoms with Gasteiger partial charge in [0.1, 0.15) is 5.75 Å². The molecular weight excluding hydrogens is 292 g/mol. The molecule has 0 bridgehead atoms. The van der Waals surface area contributed by atoms with Crippen LogP contribution in [0.15, 0.2) is 48.5 Å². The van der Waals surface area contributed by atoms with Crippen LogP contribution < -0.4 is 15.4 Å². The third kappa shape index (κ3) is 5.09. The number of amides is 1. The van der Waals surface area contributed by atoms with Crippen LogP contribution in [0.4, 0.5) is 5.69 Å². The van der Waals surface area contributed by atoms with Crippen LogP contribution >= 0.6 is 0 Å². The Hall–Kier alpha value is -2.37. The summed E-state index contributed by atoms with van der Waals surface area (Å²) in [6.07, 6.45) is 0. The van der Waals surface area contributed by atoms with Gasteiger partial charge >= 0.3 is 0 Å². The Morgan fingerprint density at radius 2 is 1.91 bits per heavy atom. The third-order valence-corrected chi connectivity index (χ3v) is 3.33. The van der Waals surface area contributed by atoms with Gasteiger partial charge in [0.15, 0.2) is 0 Å². The molecule has 0 fully saturated rings. The molecule has 2 aromatic rings. The summed E-state index contributed by atoms with van der Waals surface area (Å²) in [7, 11) is 3.28. The van der Waals surface area contributed by atoms with Gasteiger partial charge in [-0.25, -0.2) is 0 Å². The van der Waals surface area contributed by atoms with E-state index in [1.807, 2.05) is 48.5 Å². The van der Waals surface area contributed by atoms with E-state index in [1.54, 1.807) is 14.2 Å². The number of benzene rings is 2. The lowest BCUT2D eigenvalue weighted by Crippen LogP contribution is -2.30. The lowest BCUT2D eigenvalue weighted by Gasteiger charge is -2.11. The summed E-state index contributed by atoms with van der Waals surface area (Å²) in [4.78, 5) is 11.9. The topological polar surface area (TPSA) is 59.6 Å². The first-order chi connectivity index (χ1) is 11.2. The molecule has 0 radical (unpaired) electrons. The van der Waals surface area contributed by atoms with Crippen molar-refractivity contribution in [1.82, 2.24) is 5.32 Å². The molecule has 0 aliphatic carbocycles. The Morgan fingerprint density at radius 3 is 2.70 bits per heavy atom. The quantitative estimate of drug-likeness (QED) is 0.735. The van der Waals surface area contributed by atoms with Gasteiger partial charge in [-0.1, -0.05) is 30.3 Å². The summed E-state index contributed by atoms with van der Waals surface area (Å²) in [5.41, 5.74) is 2.74. The summed E-state index contributed by atoms with van der Waals surface area (Å²) in [6, 6.07) is 15.5. The number of ether oxygens (including phenoxy) is 2. The molecule has 0 aliphatic heterocycles. The van der Waals surface area contributed by atoms with Gasteiger partial charge in [-0.15, -0.1) is 0 Å². The van der Waals surface area contributed by atoms with Crippen molar-refractivity contribution in [3.63, 3.8) is 0 Å². The fraction of sp³-hybridized carbons (Fsp3) is 0.278. The Balaban J connectivity index is 2.04. The maximum absolute atomic E-state index is 11.9. The molecule has 0 spiro atoms. The SMILES string of the molecule is COCCNCC(=O)Nc1cccc(-c2ccccc2OC)c1. The van der Waals surface area contributed by atoms with Gasteiger partial charge in [0.05, 0.1) is 20.3 Å². The van der Waals surface area contributed by atoms with Crippen molar-refractivity contribution in [3.8, 4) is 16.9 Å². The summed E-state index contributed by atoms with van der Waals surface area (Å²) >= 11 is 0.